The Morgan fingerprint density at radius 3 is 2.58 bits per heavy atom. The number of alkyl halides is 3. The highest BCUT2D eigenvalue weighted by molar-refractivity contribution is 5.88. The zero-order valence-corrected chi connectivity index (χ0v) is 20.1. The third kappa shape index (κ3) is 4.69. The summed E-state index contributed by atoms with van der Waals surface area (Å²) >= 11 is 0. The Morgan fingerprint density at radius 2 is 1.87 bits per heavy atom. The first-order valence-corrected chi connectivity index (χ1v) is 11.5. The molecule has 4 aromatic rings. The summed E-state index contributed by atoms with van der Waals surface area (Å²) in [5.41, 5.74) is -1.87. The van der Waals surface area contributed by atoms with Crippen LogP contribution >= 0.6 is 0 Å². The second kappa shape index (κ2) is 9.71. The highest BCUT2D eigenvalue weighted by Gasteiger charge is 2.38. The van der Waals surface area contributed by atoms with Gasteiger partial charge in [0.1, 0.15) is 28.7 Å². The lowest BCUT2D eigenvalue weighted by Gasteiger charge is -2.29. The van der Waals surface area contributed by atoms with Gasteiger partial charge in [0, 0.05) is 43.5 Å². The predicted molar refractivity (Wildman–Crippen MR) is 124 cm³/mol. The fourth-order valence-electron chi connectivity index (χ4n) is 4.47. The molecule has 1 fully saturated rings. The van der Waals surface area contributed by atoms with Crippen molar-refractivity contribution in [3.63, 3.8) is 0 Å². The minimum Gasteiger partial charge on any atom is -0.481 e. The van der Waals surface area contributed by atoms with E-state index in [0.717, 1.165) is 24.7 Å². The molecule has 198 valence electrons. The summed E-state index contributed by atoms with van der Waals surface area (Å²) in [7, 11) is 2.41. The molecule has 0 spiro atoms. The van der Waals surface area contributed by atoms with Crippen LogP contribution in [0.25, 0.3) is 22.3 Å². The molecule has 1 saturated heterocycles. The van der Waals surface area contributed by atoms with Crippen LogP contribution in [0, 0.1) is 11.6 Å². The van der Waals surface area contributed by atoms with E-state index < -0.39 is 52.2 Å². The van der Waals surface area contributed by atoms with Gasteiger partial charge in [-0.1, -0.05) is 0 Å². The van der Waals surface area contributed by atoms with Crippen LogP contribution in [0.4, 0.5) is 22.0 Å². The van der Waals surface area contributed by atoms with Crippen LogP contribution in [-0.2, 0) is 18.0 Å². The largest absolute Gasteiger partial charge is 0.481 e. The third-order valence-electron chi connectivity index (χ3n) is 6.37. The normalized spacial score (nSPS) is 18.1. The van der Waals surface area contributed by atoms with Gasteiger partial charge in [0.25, 0.3) is 5.56 Å². The Hall–Kier alpha value is -4.00. The summed E-state index contributed by atoms with van der Waals surface area (Å²) in [5, 5.41) is 0. The fraction of sp³-hybridized carbons (Fsp3) is 0.320. The number of aromatic nitrogens is 5. The van der Waals surface area contributed by atoms with Crippen LogP contribution in [0.15, 0.2) is 41.3 Å². The van der Waals surface area contributed by atoms with Crippen LogP contribution < -0.4 is 10.3 Å². The molecule has 1 aliphatic heterocycles. The summed E-state index contributed by atoms with van der Waals surface area (Å²) in [6.45, 7) is 0.297. The van der Waals surface area contributed by atoms with Crippen molar-refractivity contribution in [3.8, 4) is 17.1 Å². The lowest BCUT2D eigenvalue weighted by atomic mass is 9.91. The maximum Gasteiger partial charge on any atom is 0.449 e. The number of benzene rings is 1. The van der Waals surface area contributed by atoms with E-state index in [4.69, 9.17) is 9.47 Å². The topological polar surface area (TPSA) is 92.0 Å². The van der Waals surface area contributed by atoms with E-state index in [-0.39, 0.29) is 17.1 Å². The average Bonchev–Trinajstić information content (AvgIpc) is 2.90. The molecule has 0 N–H and O–H groups in total. The van der Waals surface area contributed by atoms with Gasteiger partial charge in [-0.25, -0.2) is 28.7 Å². The highest BCUT2D eigenvalue weighted by Crippen LogP contribution is 2.39. The van der Waals surface area contributed by atoms with Gasteiger partial charge in [0.15, 0.2) is 5.52 Å². The Kier molecular flexibility index (Phi) is 6.55. The molecule has 0 amide bonds. The van der Waals surface area contributed by atoms with Crippen molar-refractivity contribution in [2.75, 3.05) is 13.7 Å². The van der Waals surface area contributed by atoms with Crippen molar-refractivity contribution < 1.29 is 31.4 Å². The molecule has 4 heterocycles. The van der Waals surface area contributed by atoms with Crippen LogP contribution in [0.5, 0.6) is 5.88 Å². The van der Waals surface area contributed by atoms with Gasteiger partial charge in [0.2, 0.25) is 11.7 Å². The summed E-state index contributed by atoms with van der Waals surface area (Å²) in [5.74, 6) is -3.34. The van der Waals surface area contributed by atoms with E-state index in [0.29, 0.717) is 36.0 Å². The SMILES string of the molecule is COc1cc([C@@H]2C[C@@H](c3nc(-c4ccc(F)cc4F)c4nc(C(F)(F)F)n(C)c(=O)c4n3)CCO2)ccn1. The standard InChI is InChI=1S/C25H20F5N5O3/c1-35-23(36)21-20(34-24(35)25(28,29)30)19(15-4-3-14(26)11-16(15)27)32-22(33-21)13-6-8-38-17(9-13)12-5-7-31-18(10-12)37-2/h3-5,7,10-11,13,17H,6,8-9H2,1-2H3/t13-,17-/m0/s1. The van der Waals surface area contributed by atoms with Gasteiger partial charge in [0.05, 0.1) is 13.2 Å². The molecule has 3 aromatic heterocycles. The molecule has 5 rings (SSSR count). The van der Waals surface area contributed by atoms with Gasteiger partial charge < -0.3 is 9.47 Å². The van der Waals surface area contributed by atoms with Crippen molar-refractivity contribution in [3.05, 3.63) is 75.7 Å². The molecular weight excluding hydrogens is 513 g/mol. The maximum absolute atomic E-state index is 14.8. The number of fused-ring (bicyclic) bond motifs is 1. The van der Waals surface area contributed by atoms with E-state index >= 15 is 0 Å². The molecule has 1 aliphatic rings. The van der Waals surface area contributed by atoms with Crippen LogP contribution in [0.1, 0.15) is 42.1 Å². The predicted octanol–water partition coefficient (Wildman–Crippen LogP) is 4.73. The zero-order valence-electron chi connectivity index (χ0n) is 20.1. The summed E-state index contributed by atoms with van der Waals surface area (Å²) in [4.78, 5) is 29.5. The average molecular weight is 533 g/mol. The molecule has 0 bridgehead atoms. The monoisotopic (exact) mass is 533 g/mol. The molecule has 8 nitrogen and oxygen atoms in total. The van der Waals surface area contributed by atoms with Crippen molar-refractivity contribution in [1.29, 1.82) is 0 Å². The summed E-state index contributed by atoms with van der Waals surface area (Å²) < 4.78 is 80.8. The van der Waals surface area contributed by atoms with E-state index in [2.05, 4.69) is 19.9 Å². The first kappa shape index (κ1) is 25.6. The van der Waals surface area contributed by atoms with Crippen LogP contribution in [0.2, 0.25) is 0 Å². The molecule has 0 unspecified atom stereocenters. The number of ether oxygens (including phenoxy) is 2. The lowest BCUT2D eigenvalue weighted by Crippen LogP contribution is -2.29. The van der Waals surface area contributed by atoms with E-state index in [1.54, 1.807) is 18.3 Å². The Morgan fingerprint density at radius 1 is 1.08 bits per heavy atom. The zero-order chi connectivity index (χ0) is 27.2. The lowest BCUT2D eigenvalue weighted by molar-refractivity contribution is -0.147. The number of pyridine rings is 1. The summed E-state index contributed by atoms with van der Waals surface area (Å²) in [6.07, 6.45) is -3.03. The van der Waals surface area contributed by atoms with Crippen molar-refractivity contribution in [1.82, 2.24) is 24.5 Å². The Balaban J connectivity index is 1.68. The van der Waals surface area contributed by atoms with E-state index in [1.165, 1.54) is 7.11 Å². The van der Waals surface area contributed by atoms with Crippen molar-refractivity contribution in [2.24, 2.45) is 7.05 Å². The first-order valence-electron chi connectivity index (χ1n) is 11.5. The molecule has 2 atom stereocenters. The maximum atomic E-state index is 14.8. The smallest absolute Gasteiger partial charge is 0.449 e. The third-order valence-corrected chi connectivity index (χ3v) is 6.37. The van der Waals surface area contributed by atoms with Gasteiger partial charge in [-0.05, 0) is 36.6 Å². The molecule has 38 heavy (non-hydrogen) atoms. The van der Waals surface area contributed by atoms with Gasteiger partial charge >= 0.3 is 6.18 Å². The van der Waals surface area contributed by atoms with Crippen molar-refractivity contribution >= 4 is 11.0 Å². The highest BCUT2D eigenvalue weighted by atomic mass is 19.4. The molecule has 0 saturated carbocycles. The quantitative estimate of drug-likeness (QED) is 0.351. The van der Waals surface area contributed by atoms with Crippen molar-refractivity contribution in [2.45, 2.75) is 31.0 Å². The van der Waals surface area contributed by atoms with Gasteiger partial charge in [-0.2, -0.15) is 13.2 Å². The van der Waals surface area contributed by atoms with Gasteiger partial charge in [-0.15, -0.1) is 0 Å². The second-order valence-corrected chi connectivity index (χ2v) is 8.76. The number of halogens is 5. The molecule has 0 radical (unpaired) electrons. The second-order valence-electron chi connectivity index (χ2n) is 8.76. The van der Waals surface area contributed by atoms with Crippen LogP contribution in [0.3, 0.4) is 0 Å². The fourth-order valence-corrected chi connectivity index (χ4v) is 4.47. The molecule has 13 heteroatoms. The summed E-state index contributed by atoms with van der Waals surface area (Å²) in [6, 6.07) is 6.04. The van der Waals surface area contributed by atoms with Crippen LogP contribution in [-0.4, -0.2) is 38.2 Å². The first-order chi connectivity index (χ1) is 18.1. The Bertz CT molecular complexity index is 1590. The number of methoxy groups -OCH3 is 1. The van der Waals surface area contributed by atoms with E-state index in [9.17, 15) is 26.7 Å². The molecular formula is C25H20F5N5O3. The Labute approximate surface area is 212 Å². The number of rotatable bonds is 4. The number of nitrogens with zero attached hydrogens (tertiary/aromatic N) is 5. The minimum atomic E-state index is -4.97. The molecule has 0 aliphatic carbocycles. The van der Waals surface area contributed by atoms with Gasteiger partial charge in [-0.3, -0.25) is 9.36 Å². The number of hydrogen-bond donors (Lipinski definition) is 0. The number of hydrogen-bond acceptors (Lipinski definition) is 7. The molecule has 1 aromatic carbocycles. The minimum absolute atomic E-state index is 0.115. The van der Waals surface area contributed by atoms with E-state index in [1.807, 2.05) is 0 Å².